The Bertz CT molecular complexity index is 1230. The van der Waals surface area contributed by atoms with Crippen molar-refractivity contribution in [2.24, 2.45) is 5.41 Å². The fraction of sp³-hybridized carbons (Fsp3) is 0.409. The number of nitrogens with one attached hydrogen (secondary N) is 2. The average molecular weight is 457 g/mol. The number of nitro groups is 1. The van der Waals surface area contributed by atoms with Crippen LogP contribution in [0.15, 0.2) is 39.4 Å². The second-order valence-corrected chi connectivity index (χ2v) is 10.8. The van der Waals surface area contributed by atoms with Gasteiger partial charge < -0.3 is 15.4 Å². The van der Waals surface area contributed by atoms with Crippen LogP contribution >= 0.6 is 11.8 Å². The maximum Gasteiger partial charge on any atom is 0.310 e. The van der Waals surface area contributed by atoms with Gasteiger partial charge >= 0.3 is 5.69 Å². The van der Waals surface area contributed by atoms with Crippen molar-refractivity contribution in [1.82, 2.24) is 9.97 Å². The Morgan fingerprint density at radius 1 is 1.28 bits per heavy atom. The summed E-state index contributed by atoms with van der Waals surface area (Å²) in [7, 11) is 0. The fourth-order valence-electron chi connectivity index (χ4n) is 4.37. The number of carbonyl (C=O) groups is 1. The van der Waals surface area contributed by atoms with E-state index in [1.54, 1.807) is 0 Å². The molecule has 0 saturated heterocycles. The van der Waals surface area contributed by atoms with Gasteiger partial charge in [0, 0.05) is 34.9 Å². The lowest BCUT2D eigenvalue weighted by Crippen LogP contribution is -2.37. The average Bonchev–Trinajstić information content (AvgIpc) is 2.65. The number of thioether (sulfide) groups is 1. The predicted octanol–water partition coefficient (Wildman–Crippen LogP) is 4.08. The summed E-state index contributed by atoms with van der Waals surface area (Å²) in [6.07, 6.45) is 0.872. The van der Waals surface area contributed by atoms with Gasteiger partial charge in [-0.3, -0.25) is 19.7 Å². The van der Waals surface area contributed by atoms with E-state index in [2.05, 4.69) is 15.3 Å². The van der Waals surface area contributed by atoms with E-state index in [0.717, 1.165) is 0 Å². The zero-order valence-corrected chi connectivity index (χ0v) is 19.0. The number of phenolic OH excluding ortho intramolecular Hbond substituents is 1. The van der Waals surface area contributed by atoms with E-state index < -0.39 is 27.8 Å². The first kappa shape index (κ1) is 22.1. The molecule has 9 nitrogen and oxygen atoms in total. The molecule has 2 heterocycles. The number of rotatable bonds is 4. The minimum Gasteiger partial charge on any atom is -0.502 e. The molecule has 168 valence electrons. The number of benzene rings is 1. The summed E-state index contributed by atoms with van der Waals surface area (Å²) in [4.78, 5) is 44.5. The minimum atomic E-state index is -0.821. The third-order valence-corrected chi connectivity index (χ3v) is 6.47. The summed E-state index contributed by atoms with van der Waals surface area (Å²) in [6, 6.07) is 3.95. The van der Waals surface area contributed by atoms with Crippen LogP contribution in [-0.2, 0) is 4.79 Å². The number of ketones is 1. The molecular formula is C22H24N4O5S. The first-order valence-corrected chi connectivity index (χ1v) is 11.2. The molecule has 1 aliphatic carbocycles. The quantitative estimate of drug-likeness (QED) is 0.271. The Hall–Kier alpha value is -3.14. The highest BCUT2D eigenvalue weighted by molar-refractivity contribution is 7.99. The lowest BCUT2D eigenvalue weighted by Gasteiger charge is -2.38. The van der Waals surface area contributed by atoms with E-state index in [4.69, 9.17) is 0 Å². The molecule has 1 aromatic carbocycles. The van der Waals surface area contributed by atoms with Crippen LogP contribution in [0.4, 0.5) is 11.5 Å². The van der Waals surface area contributed by atoms with E-state index in [-0.39, 0.29) is 22.0 Å². The molecule has 2 aromatic rings. The number of phenols is 1. The molecule has 1 atom stereocenters. The second-order valence-electron chi connectivity index (χ2n) is 9.20. The fourth-order valence-corrected chi connectivity index (χ4v) is 5.11. The van der Waals surface area contributed by atoms with Gasteiger partial charge in [-0.25, -0.2) is 4.98 Å². The number of fused-ring (bicyclic) bond motifs is 1. The Labute approximate surface area is 188 Å². The van der Waals surface area contributed by atoms with Crippen molar-refractivity contribution >= 4 is 29.1 Å². The summed E-state index contributed by atoms with van der Waals surface area (Å²) < 4.78 is 0. The van der Waals surface area contributed by atoms with Crippen molar-refractivity contribution in [3.05, 3.63) is 61.1 Å². The number of carbonyl (C=O) groups excluding carboxylic acids is 1. The largest absolute Gasteiger partial charge is 0.502 e. The first-order valence-electron chi connectivity index (χ1n) is 10.3. The van der Waals surface area contributed by atoms with Gasteiger partial charge in [-0.2, -0.15) is 0 Å². The lowest BCUT2D eigenvalue weighted by atomic mass is 9.69. The first-order chi connectivity index (χ1) is 15.0. The Kier molecular flexibility index (Phi) is 5.36. The highest BCUT2D eigenvalue weighted by Gasteiger charge is 2.42. The summed E-state index contributed by atoms with van der Waals surface area (Å²) >= 11 is 1.41. The summed E-state index contributed by atoms with van der Waals surface area (Å²) in [5.74, 6) is -1.07. The summed E-state index contributed by atoms with van der Waals surface area (Å²) in [5.41, 5.74) is 0.564. The number of nitro benzene ring substituents is 1. The number of aromatic amines is 1. The predicted molar refractivity (Wildman–Crippen MR) is 121 cm³/mol. The molecule has 1 unspecified atom stereocenters. The molecule has 0 saturated carbocycles. The minimum absolute atomic E-state index is 0.116. The normalized spacial score (nSPS) is 19.4. The maximum absolute atomic E-state index is 13.2. The molecular weight excluding hydrogens is 432 g/mol. The lowest BCUT2D eigenvalue weighted by molar-refractivity contribution is -0.385. The molecule has 0 fully saturated rings. The Morgan fingerprint density at radius 3 is 2.66 bits per heavy atom. The molecule has 4 rings (SSSR count). The molecule has 3 N–H and O–H groups in total. The second kappa shape index (κ2) is 7.77. The molecule has 2 aliphatic rings. The van der Waals surface area contributed by atoms with Crippen molar-refractivity contribution < 1.29 is 14.8 Å². The third kappa shape index (κ3) is 3.90. The Morgan fingerprint density at radius 2 is 2.00 bits per heavy atom. The van der Waals surface area contributed by atoms with E-state index in [9.17, 15) is 24.8 Å². The molecule has 0 radical (unpaired) electrons. The van der Waals surface area contributed by atoms with E-state index in [0.29, 0.717) is 40.6 Å². The number of anilines is 1. The van der Waals surface area contributed by atoms with Crippen LogP contribution in [0.25, 0.3) is 0 Å². The van der Waals surface area contributed by atoms with Crippen LogP contribution < -0.4 is 10.9 Å². The zero-order valence-electron chi connectivity index (χ0n) is 18.2. The number of allylic oxidation sites excluding steroid dienone is 2. The standard InChI is InChI=1S/C22H24N4O5S/c1-10(2)32-21-24-19-18(20(29)25-21)16(11-5-6-14(27)13(7-11)26(30)31)17-12(23-19)8-22(3,4)9-15(17)28/h5-7,10,16,27H,8-9H2,1-4H3,(H2,23,24,25,29). The summed E-state index contributed by atoms with van der Waals surface area (Å²) in [6.45, 7) is 7.97. The highest BCUT2D eigenvalue weighted by Crippen LogP contribution is 2.48. The zero-order chi connectivity index (χ0) is 23.4. The topological polar surface area (TPSA) is 138 Å². The van der Waals surface area contributed by atoms with Crippen LogP contribution in [0.5, 0.6) is 5.75 Å². The van der Waals surface area contributed by atoms with Crippen molar-refractivity contribution in [2.45, 2.75) is 56.9 Å². The van der Waals surface area contributed by atoms with Gasteiger partial charge in [0.25, 0.3) is 5.56 Å². The van der Waals surface area contributed by atoms with Crippen LogP contribution in [0.3, 0.4) is 0 Å². The van der Waals surface area contributed by atoms with Gasteiger partial charge in [0.15, 0.2) is 16.7 Å². The van der Waals surface area contributed by atoms with E-state index in [1.165, 1.54) is 30.0 Å². The molecule has 1 aromatic heterocycles. The van der Waals surface area contributed by atoms with Gasteiger partial charge in [-0.05, 0) is 23.5 Å². The number of aromatic hydroxyl groups is 1. The SMILES string of the molecule is CC(C)Sc1nc2c(c(=O)[nH]1)C(c1ccc(O)c([N+](=O)[O-])c1)C1=C(CC(C)(C)CC1=O)N2. The summed E-state index contributed by atoms with van der Waals surface area (Å²) in [5, 5.41) is 25.2. The van der Waals surface area contributed by atoms with Gasteiger partial charge in [-0.15, -0.1) is 0 Å². The molecule has 1 aliphatic heterocycles. The van der Waals surface area contributed by atoms with Crippen molar-refractivity contribution in [3.63, 3.8) is 0 Å². The van der Waals surface area contributed by atoms with Crippen LogP contribution in [0.1, 0.15) is 57.6 Å². The highest BCUT2D eigenvalue weighted by atomic mass is 32.2. The molecule has 10 heteroatoms. The van der Waals surface area contributed by atoms with Crippen LogP contribution in [-0.4, -0.2) is 31.0 Å². The maximum atomic E-state index is 13.2. The molecule has 0 amide bonds. The van der Waals surface area contributed by atoms with Crippen molar-refractivity contribution in [1.29, 1.82) is 0 Å². The van der Waals surface area contributed by atoms with Gasteiger partial charge in [-0.1, -0.05) is 45.5 Å². The van der Waals surface area contributed by atoms with Crippen LogP contribution in [0.2, 0.25) is 0 Å². The van der Waals surface area contributed by atoms with E-state index in [1.807, 2.05) is 27.7 Å². The van der Waals surface area contributed by atoms with Crippen LogP contribution in [0, 0.1) is 15.5 Å². The molecule has 0 bridgehead atoms. The number of aromatic nitrogens is 2. The smallest absolute Gasteiger partial charge is 0.310 e. The number of hydrogen-bond acceptors (Lipinski definition) is 8. The van der Waals surface area contributed by atoms with Gasteiger partial charge in [0.2, 0.25) is 0 Å². The monoisotopic (exact) mass is 456 g/mol. The Balaban J connectivity index is 1.97. The van der Waals surface area contributed by atoms with Gasteiger partial charge in [0.05, 0.1) is 10.5 Å². The van der Waals surface area contributed by atoms with Crippen molar-refractivity contribution in [2.75, 3.05) is 5.32 Å². The molecule has 32 heavy (non-hydrogen) atoms. The molecule has 0 spiro atoms. The van der Waals surface area contributed by atoms with E-state index >= 15 is 0 Å². The van der Waals surface area contributed by atoms with Gasteiger partial charge in [0.1, 0.15) is 5.82 Å². The third-order valence-electron chi connectivity index (χ3n) is 5.58. The number of Topliss-reactive ketones (excluding diaryl/α,β-unsaturated/α-hetero) is 1. The van der Waals surface area contributed by atoms with Crippen molar-refractivity contribution in [3.8, 4) is 5.75 Å². The number of hydrogen-bond donors (Lipinski definition) is 3. The number of H-pyrrole nitrogens is 1. The number of nitrogens with zero attached hydrogens (tertiary/aromatic N) is 2.